The Morgan fingerprint density at radius 2 is 1.97 bits per heavy atom. The fourth-order valence-corrected chi connectivity index (χ4v) is 4.03. The minimum atomic E-state index is -2.93. The van der Waals surface area contributed by atoms with Gasteiger partial charge in [0.15, 0.2) is 11.5 Å². The van der Waals surface area contributed by atoms with Crippen molar-refractivity contribution in [3.63, 3.8) is 0 Å². The number of rotatable bonds is 7. The minimum absolute atomic E-state index is 0.0148. The number of ether oxygens (including phenoxy) is 2. The van der Waals surface area contributed by atoms with E-state index < -0.39 is 6.61 Å². The van der Waals surface area contributed by atoms with E-state index in [0.717, 1.165) is 29.3 Å². The standard InChI is InChI=1S/C23H24F2N2O3/c1-29-20-9-6-14(12-21(20)30-23(24)25)10-11-26-22(28)15-7-8-19-17(13-15)16-4-2-3-5-18(16)27-19/h6-9,12-13,23,27H,2-5,10-11H2,1H3,(H,26,28). The third-order valence-corrected chi connectivity index (χ3v) is 5.50. The first-order chi connectivity index (χ1) is 14.5. The lowest BCUT2D eigenvalue weighted by Gasteiger charge is -2.12. The van der Waals surface area contributed by atoms with Crippen LogP contribution in [0, 0.1) is 0 Å². The van der Waals surface area contributed by atoms with Crippen LogP contribution < -0.4 is 14.8 Å². The number of carbonyl (C=O) groups is 1. The average molecular weight is 414 g/mol. The highest BCUT2D eigenvalue weighted by atomic mass is 19.3. The predicted molar refractivity (Wildman–Crippen MR) is 111 cm³/mol. The van der Waals surface area contributed by atoms with Crippen LogP contribution in [0.15, 0.2) is 36.4 Å². The number of halogens is 2. The predicted octanol–water partition coefficient (Wildman–Crippen LogP) is 4.63. The zero-order valence-corrected chi connectivity index (χ0v) is 16.8. The number of amides is 1. The van der Waals surface area contributed by atoms with Gasteiger partial charge >= 0.3 is 6.61 Å². The maximum absolute atomic E-state index is 12.6. The first-order valence-corrected chi connectivity index (χ1v) is 10.1. The summed E-state index contributed by atoms with van der Waals surface area (Å²) in [6, 6.07) is 10.6. The van der Waals surface area contributed by atoms with E-state index in [0.29, 0.717) is 18.5 Å². The molecule has 2 aromatic carbocycles. The first kappa shape index (κ1) is 20.2. The Bertz CT molecular complexity index is 1060. The molecule has 2 N–H and O–H groups in total. The smallest absolute Gasteiger partial charge is 0.387 e. The molecule has 1 heterocycles. The van der Waals surface area contributed by atoms with Crippen molar-refractivity contribution in [1.29, 1.82) is 0 Å². The van der Waals surface area contributed by atoms with Crippen molar-refractivity contribution in [3.8, 4) is 11.5 Å². The zero-order valence-electron chi connectivity index (χ0n) is 16.8. The van der Waals surface area contributed by atoms with Gasteiger partial charge in [0.05, 0.1) is 7.11 Å². The van der Waals surface area contributed by atoms with Crippen LogP contribution in [0.25, 0.3) is 10.9 Å². The lowest BCUT2D eigenvalue weighted by Crippen LogP contribution is -2.25. The summed E-state index contributed by atoms with van der Waals surface area (Å²) in [6.45, 7) is -2.55. The minimum Gasteiger partial charge on any atom is -0.493 e. The summed E-state index contributed by atoms with van der Waals surface area (Å²) in [6.07, 6.45) is 4.96. The number of hydrogen-bond donors (Lipinski definition) is 2. The van der Waals surface area contributed by atoms with Crippen molar-refractivity contribution in [2.45, 2.75) is 38.7 Å². The molecular weight excluding hydrogens is 390 g/mol. The molecular formula is C23H24F2N2O3. The second-order valence-corrected chi connectivity index (χ2v) is 7.42. The molecule has 0 saturated heterocycles. The Hall–Kier alpha value is -3.09. The summed E-state index contributed by atoms with van der Waals surface area (Å²) in [5, 5.41) is 4.03. The number of aryl methyl sites for hydroxylation is 2. The Morgan fingerprint density at radius 1 is 1.13 bits per heavy atom. The van der Waals surface area contributed by atoms with Crippen LogP contribution in [0.5, 0.6) is 11.5 Å². The monoisotopic (exact) mass is 414 g/mol. The van der Waals surface area contributed by atoms with Gasteiger partial charge in [-0.05, 0) is 73.6 Å². The van der Waals surface area contributed by atoms with E-state index in [4.69, 9.17) is 4.74 Å². The van der Waals surface area contributed by atoms with Gasteiger partial charge in [-0.3, -0.25) is 4.79 Å². The Kier molecular flexibility index (Phi) is 5.88. The highest BCUT2D eigenvalue weighted by Crippen LogP contribution is 2.30. The molecule has 5 nitrogen and oxygen atoms in total. The highest BCUT2D eigenvalue weighted by Gasteiger charge is 2.17. The van der Waals surface area contributed by atoms with E-state index in [1.807, 2.05) is 18.2 Å². The largest absolute Gasteiger partial charge is 0.493 e. The second-order valence-electron chi connectivity index (χ2n) is 7.42. The lowest BCUT2D eigenvalue weighted by molar-refractivity contribution is -0.0512. The summed E-state index contributed by atoms with van der Waals surface area (Å²) >= 11 is 0. The number of methoxy groups -OCH3 is 1. The second kappa shape index (κ2) is 8.73. The van der Waals surface area contributed by atoms with Crippen LogP contribution in [-0.4, -0.2) is 31.2 Å². The topological polar surface area (TPSA) is 63.3 Å². The fourth-order valence-electron chi connectivity index (χ4n) is 4.03. The highest BCUT2D eigenvalue weighted by molar-refractivity contribution is 5.99. The SMILES string of the molecule is COc1ccc(CCNC(=O)c2ccc3[nH]c4c(c3c2)CCCC4)cc1OC(F)F. The van der Waals surface area contributed by atoms with Crippen LogP contribution in [0.4, 0.5) is 8.78 Å². The molecule has 0 aliphatic heterocycles. The number of benzene rings is 2. The molecule has 0 radical (unpaired) electrons. The van der Waals surface area contributed by atoms with E-state index in [1.54, 1.807) is 12.1 Å². The molecule has 0 spiro atoms. The third kappa shape index (κ3) is 4.25. The van der Waals surface area contributed by atoms with Crippen molar-refractivity contribution in [3.05, 3.63) is 58.8 Å². The molecule has 0 unspecified atom stereocenters. The summed E-state index contributed by atoms with van der Waals surface area (Å²) in [5.41, 5.74) is 5.07. The van der Waals surface area contributed by atoms with Crippen LogP contribution in [0.1, 0.15) is 40.0 Å². The quantitative estimate of drug-likeness (QED) is 0.593. The van der Waals surface area contributed by atoms with Crippen molar-refractivity contribution < 1.29 is 23.0 Å². The summed E-state index contributed by atoms with van der Waals surface area (Å²) in [5.74, 6) is 0.0745. The molecule has 158 valence electrons. The van der Waals surface area contributed by atoms with Crippen LogP contribution in [-0.2, 0) is 19.3 Å². The molecule has 30 heavy (non-hydrogen) atoms. The summed E-state index contributed by atoms with van der Waals surface area (Å²) in [7, 11) is 1.39. The summed E-state index contributed by atoms with van der Waals surface area (Å²) < 4.78 is 34.7. The maximum Gasteiger partial charge on any atom is 0.387 e. The van der Waals surface area contributed by atoms with Crippen LogP contribution >= 0.6 is 0 Å². The van der Waals surface area contributed by atoms with Crippen molar-refractivity contribution in [2.75, 3.05) is 13.7 Å². The molecule has 3 aromatic rings. The van der Waals surface area contributed by atoms with Gasteiger partial charge in [0.1, 0.15) is 0 Å². The fraction of sp³-hybridized carbons (Fsp3) is 0.348. The molecule has 1 aromatic heterocycles. The molecule has 1 aliphatic rings. The average Bonchev–Trinajstić information content (AvgIpc) is 3.11. The number of nitrogens with one attached hydrogen (secondary N) is 2. The van der Waals surface area contributed by atoms with Crippen molar-refractivity contribution >= 4 is 16.8 Å². The number of fused-ring (bicyclic) bond motifs is 3. The number of carbonyl (C=O) groups excluding carboxylic acids is 1. The molecule has 0 bridgehead atoms. The van der Waals surface area contributed by atoms with Gasteiger partial charge in [-0.1, -0.05) is 6.07 Å². The van der Waals surface area contributed by atoms with Gasteiger partial charge in [-0.15, -0.1) is 0 Å². The van der Waals surface area contributed by atoms with Gasteiger partial charge in [-0.25, -0.2) is 0 Å². The van der Waals surface area contributed by atoms with E-state index in [-0.39, 0.29) is 17.4 Å². The number of alkyl halides is 2. The maximum atomic E-state index is 12.6. The molecule has 1 amide bonds. The Morgan fingerprint density at radius 3 is 2.77 bits per heavy atom. The Labute approximate surface area is 173 Å². The number of hydrogen-bond acceptors (Lipinski definition) is 3. The van der Waals surface area contributed by atoms with Gasteiger partial charge in [0.25, 0.3) is 5.91 Å². The van der Waals surface area contributed by atoms with Crippen molar-refractivity contribution in [1.82, 2.24) is 10.3 Å². The zero-order chi connectivity index (χ0) is 21.1. The molecule has 0 fully saturated rings. The van der Waals surface area contributed by atoms with E-state index >= 15 is 0 Å². The summed E-state index contributed by atoms with van der Waals surface area (Å²) in [4.78, 5) is 16.1. The molecule has 0 atom stereocenters. The van der Waals surface area contributed by atoms with Crippen molar-refractivity contribution in [2.24, 2.45) is 0 Å². The van der Waals surface area contributed by atoms with E-state index in [2.05, 4.69) is 15.0 Å². The van der Waals surface area contributed by atoms with Gasteiger partial charge in [0.2, 0.25) is 0 Å². The van der Waals surface area contributed by atoms with Gasteiger partial charge in [-0.2, -0.15) is 8.78 Å². The van der Waals surface area contributed by atoms with Gasteiger partial charge < -0.3 is 19.8 Å². The molecule has 4 rings (SSSR count). The van der Waals surface area contributed by atoms with Gasteiger partial charge in [0, 0.05) is 28.7 Å². The molecule has 0 saturated carbocycles. The third-order valence-electron chi connectivity index (χ3n) is 5.50. The molecule has 7 heteroatoms. The molecule has 1 aliphatic carbocycles. The number of aromatic nitrogens is 1. The normalized spacial score (nSPS) is 13.3. The number of H-pyrrole nitrogens is 1. The van der Waals surface area contributed by atoms with E-state index in [1.165, 1.54) is 37.3 Å². The lowest BCUT2D eigenvalue weighted by atomic mass is 9.95. The van der Waals surface area contributed by atoms with Crippen LogP contribution in [0.2, 0.25) is 0 Å². The van der Waals surface area contributed by atoms with E-state index in [9.17, 15) is 13.6 Å². The van der Waals surface area contributed by atoms with Crippen LogP contribution in [0.3, 0.4) is 0 Å². The Balaban J connectivity index is 1.41. The number of aromatic amines is 1. The first-order valence-electron chi connectivity index (χ1n) is 10.1.